The van der Waals surface area contributed by atoms with Gasteiger partial charge in [-0.05, 0) is 13.3 Å². The van der Waals surface area contributed by atoms with Gasteiger partial charge in [-0.2, -0.15) is 0 Å². The van der Waals surface area contributed by atoms with Crippen molar-refractivity contribution in [3.8, 4) is 0 Å². The van der Waals surface area contributed by atoms with E-state index < -0.39 is 0 Å². The SMILES string of the molecule is C=C(C)C(=O)OCCNCOCCC.CC.CC.CCC. The molecule has 0 spiro atoms. The first-order valence-electron chi connectivity index (χ1n) is 8.21. The van der Waals surface area contributed by atoms with E-state index in [1.165, 1.54) is 6.42 Å². The minimum Gasteiger partial charge on any atom is -0.461 e. The van der Waals surface area contributed by atoms with Gasteiger partial charge in [0.1, 0.15) is 6.61 Å². The molecule has 0 unspecified atom stereocenters. The quantitative estimate of drug-likeness (QED) is 0.309. The van der Waals surface area contributed by atoms with E-state index in [1.807, 2.05) is 27.7 Å². The number of ether oxygens (including phenoxy) is 2. The molecule has 0 aliphatic rings. The Morgan fingerprint density at radius 1 is 1.05 bits per heavy atom. The summed E-state index contributed by atoms with van der Waals surface area (Å²) in [6.07, 6.45) is 2.26. The molecule has 0 rings (SSSR count). The minimum atomic E-state index is -0.346. The normalized spacial score (nSPS) is 8.00. The first-order chi connectivity index (χ1) is 10.1. The standard InChI is InChI=1S/C10H19NO3.C3H8.2C2H6/c1-4-6-13-8-11-5-7-14-10(12)9(2)3;1-3-2;2*1-2/h11H,2,4-8H2,1,3H3;3H2,1-2H3;2*1-2H3. The predicted molar refractivity (Wildman–Crippen MR) is 93.5 cm³/mol. The Bertz CT molecular complexity index is 194. The van der Waals surface area contributed by atoms with E-state index in [0.29, 0.717) is 25.5 Å². The van der Waals surface area contributed by atoms with Crippen molar-refractivity contribution in [2.75, 3.05) is 26.5 Å². The molecule has 0 amide bonds. The van der Waals surface area contributed by atoms with Gasteiger partial charge in [-0.1, -0.05) is 61.5 Å². The van der Waals surface area contributed by atoms with Crippen LogP contribution in [-0.4, -0.2) is 32.5 Å². The highest BCUT2D eigenvalue weighted by Gasteiger charge is 2.00. The summed E-state index contributed by atoms with van der Waals surface area (Å²) in [6.45, 7) is 21.6. The Labute approximate surface area is 133 Å². The van der Waals surface area contributed by atoms with E-state index in [-0.39, 0.29) is 5.97 Å². The summed E-state index contributed by atoms with van der Waals surface area (Å²) in [5.74, 6) is -0.346. The largest absolute Gasteiger partial charge is 0.461 e. The van der Waals surface area contributed by atoms with Gasteiger partial charge in [0.15, 0.2) is 0 Å². The number of hydrogen-bond donors (Lipinski definition) is 1. The van der Waals surface area contributed by atoms with Crippen molar-refractivity contribution < 1.29 is 14.3 Å². The molecular formula is C17H39NO3. The molecule has 0 atom stereocenters. The summed E-state index contributed by atoms with van der Waals surface area (Å²) in [4.78, 5) is 10.9. The molecule has 0 aromatic carbocycles. The fraction of sp³-hybridized carbons (Fsp3) is 0.824. The van der Waals surface area contributed by atoms with Crippen molar-refractivity contribution in [2.24, 2.45) is 0 Å². The van der Waals surface area contributed by atoms with Crippen LogP contribution in [0.25, 0.3) is 0 Å². The summed E-state index contributed by atoms with van der Waals surface area (Å²) >= 11 is 0. The zero-order chi connectivity index (χ0) is 17.5. The van der Waals surface area contributed by atoms with E-state index in [4.69, 9.17) is 9.47 Å². The summed E-state index contributed by atoms with van der Waals surface area (Å²) in [7, 11) is 0. The van der Waals surface area contributed by atoms with Crippen molar-refractivity contribution in [3.63, 3.8) is 0 Å². The Hall–Kier alpha value is -0.870. The molecule has 0 aliphatic carbocycles. The first kappa shape index (κ1) is 28.3. The third kappa shape index (κ3) is 38.2. The minimum absolute atomic E-state index is 0.346. The highest BCUT2D eigenvalue weighted by atomic mass is 16.5. The highest BCUT2D eigenvalue weighted by molar-refractivity contribution is 5.86. The summed E-state index contributed by atoms with van der Waals surface area (Å²) in [6, 6.07) is 0. The molecule has 4 nitrogen and oxygen atoms in total. The zero-order valence-electron chi connectivity index (χ0n) is 15.7. The Morgan fingerprint density at radius 3 is 1.90 bits per heavy atom. The van der Waals surface area contributed by atoms with Gasteiger partial charge in [0.2, 0.25) is 0 Å². The molecule has 0 fully saturated rings. The van der Waals surface area contributed by atoms with Gasteiger partial charge < -0.3 is 9.47 Å². The number of nitrogens with one attached hydrogen (secondary N) is 1. The average Bonchev–Trinajstić information content (AvgIpc) is 2.51. The van der Waals surface area contributed by atoms with Crippen LogP contribution in [0.5, 0.6) is 0 Å². The van der Waals surface area contributed by atoms with Gasteiger partial charge in [-0.25, -0.2) is 4.79 Å². The smallest absolute Gasteiger partial charge is 0.333 e. The topological polar surface area (TPSA) is 47.6 Å². The molecule has 1 N–H and O–H groups in total. The van der Waals surface area contributed by atoms with Gasteiger partial charge >= 0.3 is 5.97 Å². The molecule has 4 heteroatoms. The van der Waals surface area contributed by atoms with Gasteiger partial charge in [0, 0.05) is 18.7 Å². The molecule has 0 heterocycles. The maximum absolute atomic E-state index is 10.9. The van der Waals surface area contributed by atoms with Crippen LogP contribution in [0.2, 0.25) is 0 Å². The Morgan fingerprint density at radius 2 is 1.52 bits per heavy atom. The van der Waals surface area contributed by atoms with Gasteiger partial charge in [0.25, 0.3) is 0 Å². The van der Waals surface area contributed by atoms with Crippen molar-refractivity contribution in [2.45, 2.75) is 68.2 Å². The summed E-state index contributed by atoms with van der Waals surface area (Å²) < 4.78 is 10.0. The highest BCUT2D eigenvalue weighted by Crippen LogP contribution is 1.90. The second kappa shape index (κ2) is 31.5. The summed E-state index contributed by atoms with van der Waals surface area (Å²) in [5, 5.41) is 2.99. The fourth-order valence-electron chi connectivity index (χ4n) is 0.700. The van der Waals surface area contributed by atoms with Crippen molar-refractivity contribution >= 4 is 5.97 Å². The van der Waals surface area contributed by atoms with Crippen molar-refractivity contribution in [3.05, 3.63) is 12.2 Å². The van der Waals surface area contributed by atoms with E-state index >= 15 is 0 Å². The maximum atomic E-state index is 10.9. The molecule has 0 saturated carbocycles. The molecule has 130 valence electrons. The molecular weight excluding hydrogens is 266 g/mol. The number of carbonyl (C=O) groups excluding carboxylic acids is 1. The van der Waals surface area contributed by atoms with E-state index in [2.05, 4.69) is 32.7 Å². The van der Waals surface area contributed by atoms with Crippen LogP contribution in [0, 0.1) is 0 Å². The zero-order valence-corrected chi connectivity index (χ0v) is 15.7. The molecule has 21 heavy (non-hydrogen) atoms. The van der Waals surface area contributed by atoms with E-state index in [0.717, 1.165) is 13.0 Å². The van der Waals surface area contributed by atoms with E-state index in [9.17, 15) is 4.79 Å². The molecule has 0 bridgehead atoms. The second-order valence-electron chi connectivity index (χ2n) is 3.68. The van der Waals surface area contributed by atoms with Gasteiger partial charge in [-0.3, -0.25) is 5.32 Å². The Balaban J connectivity index is -0.000000176. The molecule has 0 radical (unpaired) electrons. The number of carbonyl (C=O) groups is 1. The lowest BCUT2D eigenvalue weighted by molar-refractivity contribution is -0.138. The monoisotopic (exact) mass is 305 g/mol. The Kier molecular flexibility index (Phi) is 42.5. The summed E-state index contributed by atoms with van der Waals surface area (Å²) in [5.41, 5.74) is 0.423. The van der Waals surface area contributed by atoms with Crippen LogP contribution < -0.4 is 5.32 Å². The molecule has 0 aliphatic heterocycles. The number of rotatable bonds is 8. The predicted octanol–water partition coefficient (Wildman–Crippen LogP) is 4.55. The van der Waals surface area contributed by atoms with Crippen LogP contribution >= 0.6 is 0 Å². The second-order valence-corrected chi connectivity index (χ2v) is 3.68. The lowest BCUT2D eigenvalue weighted by Crippen LogP contribution is -2.24. The van der Waals surface area contributed by atoms with Crippen molar-refractivity contribution in [1.29, 1.82) is 0 Å². The van der Waals surface area contributed by atoms with Crippen LogP contribution in [0.1, 0.15) is 68.2 Å². The van der Waals surface area contributed by atoms with Gasteiger partial charge in [-0.15, -0.1) is 0 Å². The van der Waals surface area contributed by atoms with Crippen LogP contribution in [0.15, 0.2) is 12.2 Å². The van der Waals surface area contributed by atoms with Crippen molar-refractivity contribution in [1.82, 2.24) is 5.32 Å². The maximum Gasteiger partial charge on any atom is 0.333 e. The number of hydrogen-bond acceptors (Lipinski definition) is 4. The lowest BCUT2D eigenvalue weighted by Gasteiger charge is -2.06. The molecule has 0 aromatic rings. The molecule has 0 saturated heterocycles. The average molecular weight is 306 g/mol. The molecule has 0 aromatic heterocycles. The van der Waals surface area contributed by atoms with Crippen LogP contribution in [0.3, 0.4) is 0 Å². The first-order valence-corrected chi connectivity index (χ1v) is 8.21. The third-order valence-electron chi connectivity index (χ3n) is 1.41. The number of esters is 1. The fourth-order valence-corrected chi connectivity index (χ4v) is 0.700. The van der Waals surface area contributed by atoms with Gasteiger partial charge in [0.05, 0.1) is 6.73 Å². The lowest BCUT2D eigenvalue weighted by atomic mass is 10.4. The van der Waals surface area contributed by atoms with Crippen LogP contribution in [-0.2, 0) is 14.3 Å². The van der Waals surface area contributed by atoms with E-state index in [1.54, 1.807) is 6.92 Å². The third-order valence-corrected chi connectivity index (χ3v) is 1.41. The van der Waals surface area contributed by atoms with Crippen LogP contribution in [0.4, 0.5) is 0 Å².